The van der Waals surface area contributed by atoms with Crippen molar-refractivity contribution in [1.29, 1.82) is 0 Å². The van der Waals surface area contributed by atoms with Crippen molar-refractivity contribution < 1.29 is 9.90 Å². The number of thioether (sulfide) groups is 1. The maximum absolute atomic E-state index is 10.6. The summed E-state index contributed by atoms with van der Waals surface area (Å²) in [6, 6.07) is 5.28. The van der Waals surface area contributed by atoms with Crippen LogP contribution in [0.25, 0.3) is 0 Å². The Morgan fingerprint density at radius 2 is 2.15 bits per heavy atom. The summed E-state index contributed by atoms with van der Waals surface area (Å²) in [6.07, 6.45) is 1.07. The molecule has 0 aliphatic rings. The highest BCUT2D eigenvalue weighted by Gasteiger charge is 2.15. The molecule has 0 aromatic carbocycles. The molecule has 4 nitrogen and oxygen atoms in total. The van der Waals surface area contributed by atoms with E-state index in [0.717, 1.165) is 17.8 Å². The molecule has 112 valence electrons. The largest absolute Gasteiger partial charge is 0.480 e. The molecule has 0 aliphatic heterocycles. The van der Waals surface area contributed by atoms with E-state index in [4.69, 9.17) is 15.8 Å². The Labute approximate surface area is 125 Å². The molecule has 1 heterocycles. The summed E-state index contributed by atoms with van der Waals surface area (Å²) in [5, 5.41) is 8.74. The van der Waals surface area contributed by atoms with E-state index in [9.17, 15) is 4.79 Å². The number of carboxylic acid groups (broad SMARTS) is 1. The van der Waals surface area contributed by atoms with Gasteiger partial charge in [-0.3, -0.25) is 9.78 Å². The van der Waals surface area contributed by atoms with Gasteiger partial charge in [0.25, 0.3) is 0 Å². The van der Waals surface area contributed by atoms with Gasteiger partial charge in [0.15, 0.2) is 0 Å². The average Bonchev–Trinajstić information content (AvgIpc) is 2.39. The number of nitrogens with two attached hydrogens (primary N) is 1. The third kappa shape index (κ3) is 5.13. The molecule has 1 aromatic heterocycles. The van der Waals surface area contributed by atoms with Crippen LogP contribution < -0.4 is 5.73 Å². The molecular weight excluding hydrogens is 272 g/mol. The number of rotatable bonds is 8. The lowest BCUT2D eigenvalue weighted by molar-refractivity contribution is -0.137. The minimum atomic E-state index is -0.954. The van der Waals surface area contributed by atoms with Crippen molar-refractivity contribution in [2.45, 2.75) is 44.9 Å². The second-order valence-corrected chi connectivity index (χ2v) is 6.30. The summed E-state index contributed by atoms with van der Waals surface area (Å²) in [5.74, 6) is 1.19. The lowest BCUT2D eigenvalue weighted by atomic mass is 9.90. The van der Waals surface area contributed by atoms with Crippen molar-refractivity contribution in [2.75, 3.05) is 5.75 Å². The molecule has 1 rings (SSSR count). The fraction of sp³-hybridized carbons (Fsp3) is 0.600. The second kappa shape index (κ2) is 8.27. The fourth-order valence-electron chi connectivity index (χ4n) is 2.17. The Kier molecular flexibility index (Phi) is 7.02. The third-order valence-electron chi connectivity index (χ3n) is 3.32. The zero-order valence-corrected chi connectivity index (χ0v) is 13.2. The van der Waals surface area contributed by atoms with Gasteiger partial charge in [-0.2, -0.15) is 11.8 Å². The SMILES string of the molecule is CCC(c1cccc(CSC[C@H](N)C(=O)O)n1)C(C)C. The Hall–Kier alpha value is -1.07. The van der Waals surface area contributed by atoms with E-state index in [-0.39, 0.29) is 0 Å². The fourth-order valence-corrected chi connectivity index (χ4v) is 3.05. The third-order valence-corrected chi connectivity index (χ3v) is 4.41. The predicted molar refractivity (Wildman–Crippen MR) is 83.9 cm³/mol. The van der Waals surface area contributed by atoms with Crippen LogP contribution in [0.1, 0.15) is 44.5 Å². The Bertz CT molecular complexity index is 438. The quantitative estimate of drug-likeness (QED) is 0.771. The van der Waals surface area contributed by atoms with Gasteiger partial charge in [0, 0.05) is 23.1 Å². The maximum Gasteiger partial charge on any atom is 0.321 e. The van der Waals surface area contributed by atoms with E-state index < -0.39 is 12.0 Å². The molecule has 1 unspecified atom stereocenters. The van der Waals surface area contributed by atoms with Crippen LogP contribution in [0.2, 0.25) is 0 Å². The number of carbonyl (C=O) groups is 1. The Morgan fingerprint density at radius 3 is 2.70 bits per heavy atom. The molecule has 20 heavy (non-hydrogen) atoms. The first-order chi connectivity index (χ1) is 9.45. The predicted octanol–water partition coefficient (Wildman–Crippen LogP) is 2.88. The number of hydrogen-bond acceptors (Lipinski definition) is 4. The van der Waals surface area contributed by atoms with Crippen LogP contribution in [-0.4, -0.2) is 27.9 Å². The molecule has 2 atom stereocenters. The van der Waals surface area contributed by atoms with Crippen molar-refractivity contribution in [3.8, 4) is 0 Å². The van der Waals surface area contributed by atoms with Gasteiger partial charge in [0.05, 0.1) is 5.69 Å². The molecule has 0 spiro atoms. The highest BCUT2D eigenvalue weighted by molar-refractivity contribution is 7.98. The van der Waals surface area contributed by atoms with Crippen LogP contribution in [0.5, 0.6) is 0 Å². The van der Waals surface area contributed by atoms with Gasteiger partial charge < -0.3 is 10.8 Å². The molecule has 5 heteroatoms. The standard InChI is InChI=1S/C15H24N2O2S/c1-4-12(10(2)3)14-7-5-6-11(17-14)8-20-9-13(16)15(18)19/h5-7,10,12-13H,4,8-9,16H2,1-3H3,(H,18,19)/t12?,13-/m0/s1. The van der Waals surface area contributed by atoms with Crippen molar-refractivity contribution in [1.82, 2.24) is 4.98 Å². The molecule has 3 N–H and O–H groups in total. The molecule has 0 bridgehead atoms. The normalized spacial score (nSPS) is 14.2. The zero-order valence-electron chi connectivity index (χ0n) is 12.4. The van der Waals surface area contributed by atoms with Crippen LogP contribution in [-0.2, 0) is 10.5 Å². The van der Waals surface area contributed by atoms with Crippen molar-refractivity contribution in [2.24, 2.45) is 11.7 Å². The van der Waals surface area contributed by atoms with Gasteiger partial charge in [0.1, 0.15) is 6.04 Å². The van der Waals surface area contributed by atoms with Gasteiger partial charge in [-0.05, 0) is 24.5 Å². The summed E-state index contributed by atoms with van der Waals surface area (Å²) in [6.45, 7) is 6.60. The Balaban J connectivity index is 2.62. The number of aliphatic carboxylic acids is 1. The minimum absolute atomic E-state index is 0.405. The summed E-state index contributed by atoms with van der Waals surface area (Å²) in [4.78, 5) is 15.3. The highest BCUT2D eigenvalue weighted by atomic mass is 32.2. The van der Waals surface area contributed by atoms with Gasteiger partial charge in [-0.15, -0.1) is 0 Å². The minimum Gasteiger partial charge on any atom is -0.480 e. The molecule has 0 amide bonds. The van der Waals surface area contributed by atoms with Crippen molar-refractivity contribution in [3.63, 3.8) is 0 Å². The lowest BCUT2D eigenvalue weighted by Gasteiger charge is -2.19. The van der Waals surface area contributed by atoms with Gasteiger partial charge in [-0.25, -0.2) is 0 Å². The summed E-state index contributed by atoms with van der Waals surface area (Å²) >= 11 is 1.51. The molecule has 0 aliphatic carbocycles. The van der Waals surface area contributed by atoms with Crippen LogP contribution in [0.4, 0.5) is 0 Å². The van der Waals surface area contributed by atoms with Crippen LogP contribution >= 0.6 is 11.8 Å². The number of hydrogen-bond donors (Lipinski definition) is 2. The first-order valence-corrected chi connectivity index (χ1v) is 8.13. The maximum atomic E-state index is 10.6. The summed E-state index contributed by atoms with van der Waals surface area (Å²) < 4.78 is 0. The monoisotopic (exact) mass is 296 g/mol. The topological polar surface area (TPSA) is 76.2 Å². The van der Waals surface area contributed by atoms with E-state index in [2.05, 4.69) is 26.8 Å². The molecular formula is C15H24N2O2S. The first kappa shape index (κ1) is 17.0. The average molecular weight is 296 g/mol. The molecule has 1 aromatic rings. The molecule has 0 saturated heterocycles. The van der Waals surface area contributed by atoms with E-state index in [0.29, 0.717) is 23.3 Å². The van der Waals surface area contributed by atoms with E-state index >= 15 is 0 Å². The van der Waals surface area contributed by atoms with Crippen molar-refractivity contribution in [3.05, 3.63) is 29.6 Å². The highest BCUT2D eigenvalue weighted by Crippen LogP contribution is 2.26. The smallest absolute Gasteiger partial charge is 0.321 e. The van der Waals surface area contributed by atoms with Gasteiger partial charge in [-0.1, -0.05) is 26.8 Å². The summed E-state index contributed by atoms with van der Waals surface area (Å²) in [7, 11) is 0. The first-order valence-electron chi connectivity index (χ1n) is 6.97. The Morgan fingerprint density at radius 1 is 1.45 bits per heavy atom. The molecule has 0 saturated carbocycles. The number of aromatic nitrogens is 1. The number of nitrogens with zero attached hydrogens (tertiary/aromatic N) is 1. The summed E-state index contributed by atoms with van der Waals surface area (Å²) in [5.41, 5.74) is 7.60. The lowest BCUT2D eigenvalue weighted by Crippen LogP contribution is -2.32. The van der Waals surface area contributed by atoms with Gasteiger partial charge in [0.2, 0.25) is 0 Å². The van der Waals surface area contributed by atoms with E-state index in [1.54, 1.807) is 0 Å². The van der Waals surface area contributed by atoms with Crippen LogP contribution in [0, 0.1) is 5.92 Å². The van der Waals surface area contributed by atoms with Crippen molar-refractivity contribution >= 4 is 17.7 Å². The van der Waals surface area contributed by atoms with E-state index in [1.807, 2.05) is 12.1 Å². The van der Waals surface area contributed by atoms with E-state index in [1.165, 1.54) is 11.8 Å². The molecule has 0 radical (unpaired) electrons. The second-order valence-electron chi connectivity index (χ2n) is 5.27. The zero-order chi connectivity index (χ0) is 15.1. The van der Waals surface area contributed by atoms with Crippen LogP contribution in [0.3, 0.4) is 0 Å². The van der Waals surface area contributed by atoms with Gasteiger partial charge >= 0.3 is 5.97 Å². The van der Waals surface area contributed by atoms with Crippen LogP contribution in [0.15, 0.2) is 18.2 Å². The number of pyridine rings is 1. The molecule has 0 fully saturated rings. The number of carboxylic acids is 1.